The standard InChI is InChI=1S/C12H22N2O2/c1-4-12(16,5-2)11(15)7-6-10-8-13-14(3)9-10/h8-9,11,15-16H,4-7H2,1-3H3. The molecule has 0 aliphatic heterocycles. The summed E-state index contributed by atoms with van der Waals surface area (Å²) in [6.45, 7) is 3.80. The van der Waals surface area contributed by atoms with Crippen molar-refractivity contribution in [1.29, 1.82) is 0 Å². The Labute approximate surface area is 96.9 Å². The van der Waals surface area contributed by atoms with Gasteiger partial charge in [0.25, 0.3) is 0 Å². The topological polar surface area (TPSA) is 58.3 Å². The summed E-state index contributed by atoms with van der Waals surface area (Å²) in [4.78, 5) is 0. The Bertz CT molecular complexity index is 319. The highest BCUT2D eigenvalue weighted by atomic mass is 16.3. The fourth-order valence-electron chi connectivity index (χ4n) is 1.89. The largest absolute Gasteiger partial charge is 0.390 e. The molecule has 1 heterocycles. The number of aliphatic hydroxyl groups excluding tert-OH is 1. The van der Waals surface area contributed by atoms with E-state index in [2.05, 4.69) is 5.10 Å². The van der Waals surface area contributed by atoms with Gasteiger partial charge in [-0.15, -0.1) is 0 Å². The van der Waals surface area contributed by atoms with E-state index in [9.17, 15) is 10.2 Å². The lowest BCUT2D eigenvalue weighted by Crippen LogP contribution is -2.41. The molecule has 0 aromatic carbocycles. The fourth-order valence-corrected chi connectivity index (χ4v) is 1.89. The molecule has 1 unspecified atom stereocenters. The monoisotopic (exact) mass is 226 g/mol. The summed E-state index contributed by atoms with van der Waals surface area (Å²) in [5.74, 6) is 0. The fraction of sp³-hybridized carbons (Fsp3) is 0.750. The van der Waals surface area contributed by atoms with Crippen molar-refractivity contribution in [1.82, 2.24) is 9.78 Å². The van der Waals surface area contributed by atoms with E-state index in [-0.39, 0.29) is 0 Å². The van der Waals surface area contributed by atoms with E-state index >= 15 is 0 Å². The lowest BCUT2D eigenvalue weighted by molar-refractivity contribution is -0.0825. The summed E-state index contributed by atoms with van der Waals surface area (Å²) < 4.78 is 1.74. The molecule has 0 radical (unpaired) electrons. The Balaban J connectivity index is 2.49. The van der Waals surface area contributed by atoms with Crippen LogP contribution in [0.15, 0.2) is 12.4 Å². The van der Waals surface area contributed by atoms with Gasteiger partial charge in [-0.2, -0.15) is 5.10 Å². The maximum absolute atomic E-state index is 10.1. The second-order valence-electron chi connectivity index (χ2n) is 4.39. The highest BCUT2D eigenvalue weighted by Gasteiger charge is 2.31. The molecule has 0 saturated carbocycles. The number of aromatic nitrogens is 2. The smallest absolute Gasteiger partial charge is 0.0900 e. The highest BCUT2D eigenvalue weighted by molar-refractivity contribution is 5.04. The molecule has 4 nitrogen and oxygen atoms in total. The minimum atomic E-state index is -0.942. The molecule has 1 rings (SSSR count). The minimum Gasteiger partial charge on any atom is -0.390 e. The van der Waals surface area contributed by atoms with Crippen molar-refractivity contribution < 1.29 is 10.2 Å². The van der Waals surface area contributed by atoms with E-state index in [1.54, 1.807) is 10.9 Å². The quantitative estimate of drug-likeness (QED) is 0.768. The van der Waals surface area contributed by atoms with E-state index in [1.807, 2.05) is 27.1 Å². The number of nitrogens with zero attached hydrogens (tertiary/aromatic N) is 2. The summed E-state index contributed by atoms with van der Waals surface area (Å²) >= 11 is 0. The van der Waals surface area contributed by atoms with Crippen LogP contribution in [0.3, 0.4) is 0 Å². The third-order valence-electron chi connectivity index (χ3n) is 3.31. The van der Waals surface area contributed by atoms with E-state index in [4.69, 9.17) is 0 Å². The lowest BCUT2D eigenvalue weighted by atomic mass is 9.87. The Morgan fingerprint density at radius 2 is 2.06 bits per heavy atom. The molecule has 0 saturated heterocycles. The van der Waals surface area contributed by atoms with Crippen LogP contribution in [0.2, 0.25) is 0 Å². The molecule has 16 heavy (non-hydrogen) atoms. The van der Waals surface area contributed by atoms with Crippen molar-refractivity contribution in [3.8, 4) is 0 Å². The zero-order chi connectivity index (χ0) is 12.2. The predicted octanol–water partition coefficient (Wildman–Crippen LogP) is 1.26. The van der Waals surface area contributed by atoms with Crippen molar-refractivity contribution in [2.24, 2.45) is 7.05 Å². The maximum Gasteiger partial charge on any atom is 0.0900 e. The summed E-state index contributed by atoms with van der Waals surface area (Å²) in [5, 5.41) is 24.1. The van der Waals surface area contributed by atoms with Crippen molar-refractivity contribution in [2.45, 2.75) is 51.2 Å². The van der Waals surface area contributed by atoms with E-state index in [0.717, 1.165) is 12.0 Å². The Kier molecular flexibility index (Phi) is 4.50. The summed E-state index contributed by atoms with van der Waals surface area (Å²) in [7, 11) is 1.87. The molecular weight excluding hydrogens is 204 g/mol. The van der Waals surface area contributed by atoms with Crippen LogP contribution in [0.1, 0.15) is 38.7 Å². The van der Waals surface area contributed by atoms with Crippen LogP contribution in [0.25, 0.3) is 0 Å². The predicted molar refractivity (Wildman–Crippen MR) is 63.1 cm³/mol. The van der Waals surface area contributed by atoms with Gasteiger partial charge in [0.2, 0.25) is 0 Å². The van der Waals surface area contributed by atoms with Crippen LogP contribution in [-0.4, -0.2) is 31.7 Å². The molecule has 0 aliphatic rings. The van der Waals surface area contributed by atoms with E-state index in [0.29, 0.717) is 19.3 Å². The van der Waals surface area contributed by atoms with Crippen LogP contribution < -0.4 is 0 Å². The normalized spacial score (nSPS) is 14.1. The van der Waals surface area contributed by atoms with Gasteiger partial charge in [-0.1, -0.05) is 13.8 Å². The molecule has 0 spiro atoms. The molecule has 2 N–H and O–H groups in total. The van der Waals surface area contributed by atoms with Gasteiger partial charge < -0.3 is 10.2 Å². The molecule has 0 fully saturated rings. The van der Waals surface area contributed by atoms with Gasteiger partial charge in [0, 0.05) is 13.2 Å². The van der Waals surface area contributed by atoms with Gasteiger partial charge in [0.15, 0.2) is 0 Å². The number of hydrogen-bond acceptors (Lipinski definition) is 3. The Morgan fingerprint density at radius 1 is 1.44 bits per heavy atom. The van der Waals surface area contributed by atoms with Crippen molar-refractivity contribution in [3.05, 3.63) is 18.0 Å². The van der Waals surface area contributed by atoms with Gasteiger partial charge >= 0.3 is 0 Å². The molecule has 92 valence electrons. The molecule has 0 aliphatic carbocycles. The number of aliphatic hydroxyl groups is 2. The zero-order valence-corrected chi connectivity index (χ0v) is 10.3. The summed E-state index contributed by atoms with van der Waals surface area (Å²) in [5.41, 5.74) is 0.151. The van der Waals surface area contributed by atoms with E-state index in [1.165, 1.54) is 0 Å². The number of hydrogen-bond donors (Lipinski definition) is 2. The third-order valence-corrected chi connectivity index (χ3v) is 3.31. The van der Waals surface area contributed by atoms with Crippen LogP contribution in [0.5, 0.6) is 0 Å². The molecule has 1 aromatic heterocycles. The van der Waals surface area contributed by atoms with Gasteiger partial charge in [-0.25, -0.2) is 0 Å². The van der Waals surface area contributed by atoms with Crippen LogP contribution in [0.4, 0.5) is 0 Å². The van der Waals surface area contributed by atoms with Crippen LogP contribution in [-0.2, 0) is 13.5 Å². The molecule has 0 amide bonds. The first-order chi connectivity index (χ1) is 7.51. The molecule has 0 bridgehead atoms. The van der Waals surface area contributed by atoms with E-state index < -0.39 is 11.7 Å². The van der Waals surface area contributed by atoms with Crippen LogP contribution >= 0.6 is 0 Å². The Hall–Kier alpha value is -0.870. The summed E-state index contributed by atoms with van der Waals surface area (Å²) in [6.07, 6.45) is 5.55. The number of aryl methyl sites for hydroxylation is 2. The summed E-state index contributed by atoms with van der Waals surface area (Å²) in [6, 6.07) is 0. The van der Waals surface area contributed by atoms with Gasteiger partial charge in [-0.05, 0) is 31.2 Å². The average molecular weight is 226 g/mol. The molecule has 1 atom stereocenters. The minimum absolute atomic E-state index is 0.573. The van der Waals surface area contributed by atoms with Gasteiger partial charge in [0.05, 0.1) is 17.9 Å². The van der Waals surface area contributed by atoms with Crippen molar-refractivity contribution in [2.75, 3.05) is 0 Å². The molecule has 1 aromatic rings. The average Bonchev–Trinajstić information content (AvgIpc) is 2.70. The molecular formula is C12H22N2O2. The second kappa shape index (κ2) is 5.46. The number of rotatable bonds is 6. The van der Waals surface area contributed by atoms with Crippen LogP contribution in [0, 0.1) is 0 Å². The van der Waals surface area contributed by atoms with Gasteiger partial charge in [-0.3, -0.25) is 4.68 Å². The first kappa shape index (κ1) is 13.2. The van der Waals surface area contributed by atoms with Gasteiger partial charge in [0.1, 0.15) is 0 Å². The first-order valence-corrected chi connectivity index (χ1v) is 5.89. The van der Waals surface area contributed by atoms with Crippen molar-refractivity contribution >= 4 is 0 Å². The molecule has 4 heteroatoms. The Morgan fingerprint density at radius 3 is 2.50 bits per heavy atom. The zero-order valence-electron chi connectivity index (χ0n) is 10.3. The lowest BCUT2D eigenvalue weighted by Gasteiger charge is -2.30. The second-order valence-corrected chi connectivity index (χ2v) is 4.39. The first-order valence-electron chi connectivity index (χ1n) is 5.89. The highest BCUT2D eigenvalue weighted by Crippen LogP contribution is 2.22. The maximum atomic E-state index is 10.1. The SMILES string of the molecule is CCC(O)(CC)C(O)CCc1cnn(C)c1. The van der Waals surface area contributed by atoms with Crippen molar-refractivity contribution in [3.63, 3.8) is 0 Å². The third kappa shape index (κ3) is 3.06.